The number of carbonyl (C=O) groups excluding carboxylic acids is 2. The van der Waals surface area contributed by atoms with Crippen molar-refractivity contribution in [1.82, 2.24) is 5.32 Å². The third kappa shape index (κ3) is 4.24. The first-order chi connectivity index (χ1) is 14.5. The van der Waals surface area contributed by atoms with Crippen LogP contribution in [0.1, 0.15) is 29.7 Å². The number of hydrogen-bond acceptors (Lipinski definition) is 2. The van der Waals surface area contributed by atoms with E-state index in [9.17, 15) is 9.59 Å². The van der Waals surface area contributed by atoms with E-state index in [-0.39, 0.29) is 18.0 Å². The zero-order valence-corrected chi connectivity index (χ0v) is 18.1. The molecule has 152 valence electrons. The number of amides is 3. The van der Waals surface area contributed by atoms with Gasteiger partial charge in [-0.05, 0) is 35.2 Å². The maximum Gasteiger partial charge on any atom is 0.320 e. The molecule has 1 aliphatic rings. The molecule has 0 saturated carbocycles. The molecule has 3 aromatic rings. The zero-order valence-electron chi connectivity index (χ0n) is 16.6. The first-order valence-corrected chi connectivity index (χ1v) is 10.6. The van der Waals surface area contributed by atoms with Crippen molar-refractivity contribution in [1.29, 1.82) is 0 Å². The highest BCUT2D eigenvalue weighted by Gasteiger charge is 2.27. The predicted octanol–water partition coefficient (Wildman–Crippen LogP) is 5.27. The highest BCUT2D eigenvalue weighted by Crippen LogP contribution is 2.38. The lowest BCUT2D eigenvalue weighted by molar-refractivity contribution is -0.116. The summed E-state index contributed by atoms with van der Waals surface area (Å²) in [7, 11) is 0. The van der Waals surface area contributed by atoms with Gasteiger partial charge in [-0.25, -0.2) is 4.79 Å². The minimum absolute atomic E-state index is 0.0361. The summed E-state index contributed by atoms with van der Waals surface area (Å²) in [6.45, 7) is 2.16. The normalized spacial score (nSPS) is 12.6. The Morgan fingerprint density at radius 3 is 2.13 bits per heavy atom. The van der Waals surface area contributed by atoms with Crippen molar-refractivity contribution in [3.63, 3.8) is 0 Å². The first-order valence-electron chi connectivity index (χ1n) is 9.81. The Bertz CT molecular complexity index is 1030. The molecule has 1 heterocycles. The highest BCUT2D eigenvalue weighted by molar-refractivity contribution is 9.10. The highest BCUT2D eigenvalue weighted by atomic mass is 79.9. The maximum atomic E-state index is 13.0. The molecule has 2 N–H and O–H groups in total. The second kappa shape index (κ2) is 8.71. The van der Waals surface area contributed by atoms with Crippen LogP contribution >= 0.6 is 15.9 Å². The van der Waals surface area contributed by atoms with Gasteiger partial charge in [-0.15, -0.1) is 0 Å². The van der Waals surface area contributed by atoms with Crippen LogP contribution in [0.2, 0.25) is 0 Å². The van der Waals surface area contributed by atoms with Crippen LogP contribution in [0.4, 0.5) is 16.2 Å². The Morgan fingerprint density at radius 2 is 1.57 bits per heavy atom. The third-order valence-electron chi connectivity index (χ3n) is 5.20. The Labute approximate surface area is 184 Å². The topological polar surface area (TPSA) is 61.4 Å². The molecule has 0 fully saturated rings. The maximum absolute atomic E-state index is 13.0. The van der Waals surface area contributed by atoms with Gasteiger partial charge in [-0.2, -0.15) is 0 Å². The van der Waals surface area contributed by atoms with Crippen LogP contribution in [-0.4, -0.2) is 18.5 Å². The molecule has 4 rings (SSSR count). The van der Waals surface area contributed by atoms with Gasteiger partial charge in [0.25, 0.3) is 0 Å². The van der Waals surface area contributed by atoms with Crippen LogP contribution in [0.15, 0.2) is 77.3 Å². The monoisotopic (exact) mass is 463 g/mol. The number of anilines is 2. The van der Waals surface area contributed by atoms with E-state index < -0.39 is 0 Å². The van der Waals surface area contributed by atoms with E-state index in [0.29, 0.717) is 12.2 Å². The number of carbonyl (C=O) groups is 2. The van der Waals surface area contributed by atoms with Crippen LogP contribution in [0.25, 0.3) is 0 Å². The van der Waals surface area contributed by atoms with Gasteiger partial charge in [0.2, 0.25) is 5.91 Å². The Balaban J connectivity index is 1.62. The fourth-order valence-electron chi connectivity index (χ4n) is 3.86. The number of urea groups is 1. The van der Waals surface area contributed by atoms with Crippen LogP contribution in [-0.2, 0) is 11.2 Å². The fourth-order valence-corrected chi connectivity index (χ4v) is 4.36. The van der Waals surface area contributed by atoms with Crippen molar-refractivity contribution in [3.8, 4) is 0 Å². The summed E-state index contributed by atoms with van der Waals surface area (Å²) in [6, 6.07) is 22.9. The van der Waals surface area contributed by atoms with E-state index in [1.54, 1.807) is 11.8 Å². The number of hydrogen-bond donors (Lipinski definition) is 2. The van der Waals surface area contributed by atoms with E-state index in [0.717, 1.165) is 33.3 Å². The molecule has 5 nitrogen and oxygen atoms in total. The van der Waals surface area contributed by atoms with Crippen LogP contribution in [0.3, 0.4) is 0 Å². The molecular weight excluding hydrogens is 442 g/mol. The summed E-state index contributed by atoms with van der Waals surface area (Å²) in [4.78, 5) is 26.8. The Hall–Kier alpha value is -3.12. The van der Waals surface area contributed by atoms with Crippen LogP contribution < -0.4 is 15.5 Å². The lowest BCUT2D eigenvalue weighted by atomic mass is 9.99. The molecule has 30 heavy (non-hydrogen) atoms. The largest absolute Gasteiger partial charge is 0.327 e. The van der Waals surface area contributed by atoms with E-state index in [1.807, 2.05) is 72.8 Å². The molecular formula is C24H22BrN3O2. The van der Waals surface area contributed by atoms with Gasteiger partial charge in [-0.1, -0.05) is 76.6 Å². The molecule has 0 aliphatic carbocycles. The van der Waals surface area contributed by atoms with Gasteiger partial charge >= 0.3 is 6.03 Å². The molecule has 0 aromatic heterocycles. The lowest BCUT2D eigenvalue weighted by Crippen LogP contribution is -2.34. The minimum atomic E-state index is -0.330. The standard InChI is InChI=1S/C24H22BrN3O2/c1-16(29)28-13-12-19-14-20(25)15-21(23(19)28)26-24(30)27-22(17-8-4-2-5-9-17)18-10-6-3-7-11-18/h2-11,14-15,22H,12-13H2,1H3,(H2,26,27,30). The van der Waals surface area contributed by atoms with Crippen LogP contribution in [0.5, 0.6) is 0 Å². The number of halogens is 1. The molecule has 0 atom stereocenters. The number of rotatable bonds is 4. The molecule has 0 saturated heterocycles. The van der Waals surface area contributed by atoms with Crippen molar-refractivity contribution in [2.45, 2.75) is 19.4 Å². The molecule has 0 unspecified atom stereocenters. The second-order valence-corrected chi connectivity index (χ2v) is 8.15. The first kappa shape index (κ1) is 20.2. The Kier molecular flexibility index (Phi) is 5.86. The molecule has 0 radical (unpaired) electrons. The van der Waals surface area contributed by atoms with E-state index >= 15 is 0 Å². The van der Waals surface area contributed by atoms with Crippen molar-refractivity contribution in [2.24, 2.45) is 0 Å². The van der Waals surface area contributed by atoms with Gasteiger partial charge < -0.3 is 15.5 Å². The van der Waals surface area contributed by atoms with Gasteiger partial charge in [0.1, 0.15) is 0 Å². The average molecular weight is 464 g/mol. The predicted molar refractivity (Wildman–Crippen MR) is 123 cm³/mol. The molecule has 6 heteroatoms. The Morgan fingerprint density at radius 1 is 0.967 bits per heavy atom. The summed E-state index contributed by atoms with van der Waals surface area (Å²) in [5, 5.41) is 6.05. The summed E-state index contributed by atoms with van der Waals surface area (Å²) in [6.07, 6.45) is 0.765. The molecule has 0 bridgehead atoms. The zero-order chi connectivity index (χ0) is 21.1. The van der Waals surface area contributed by atoms with E-state index in [4.69, 9.17) is 0 Å². The smallest absolute Gasteiger partial charge is 0.320 e. The SMILES string of the molecule is CC(=O)N1CCc2cc(Br)cc(NC(=O)NC(c3ccccc3)c3ccccc3)c21. The number of nitrogens with one attached hydrogen (secondary N) is 2. The fraction of sp³-hybridized carbons (Fsp3) is 0.167. The molecule has 1 aliphatic heterocycles. The number of benzene rings is 3. The molecule has 3 aromatic carbocycles. The van der Waals surface area contributed by atoms with Crippen molar-refractivity contribution in [3.05, 3.63) is 94.0 Å². The van der Waals surface area contributed by atoms with E-state index in [2.05, 4.69) is 26.6 Å². The number of nitrogens with zero attached hydrogens (tertiary/aromatic N) is 1. The third-order valence-corrected chi connectivity index (χ3v) is 5.66. The number of fused-ring (bicyclic) bond motifs is 1. The summed E-state index contributed by atoms with van der Waals surface area (Å²) in [5.41, 5.74) is 4.41. The van der Waals surface area contributed by atoms with Crippen molar-refractivity contribution in [2.75, 3.05) is 16.8 Å². The van der Waals surface area contributed by atoms with Crippen molar-refractivity contribution < 1.29 is 9.59 Å². The quantitative estimate of drug-likeness (QED) is 0.553. The minimum Gasteiger partial charge on any atom is -0.327 e. The average Bonchev–Trinajstić information content (AvgIpc) is 3.17. The second-order valence-electron chi connectivity index (χ2n) is 7.23. The van der Waals surface area contributed by atoms with Gasteiger partial charge in [0.15, 0.2) is 0 Å². The summed E-state index contributed by atoms with van der Waals surface area (Å²) < 4.78 is 0.865. The van der Waals surface area contributed by atoms with Crippen LogP contribution in [0, 0.1) is 0 Å². The van der Waals surface area contributed by atoms with E-state index in [1.165, 1.54) is 0 Å². The summed E-state index contributed by atoms with van der Waals surface area (Å²) >= 11 is 3.51. The molecule has 3 amide bonds. The van der Waals surface area contributed by atoms with Gasteiger partial charge in [0, 0.05) is 17.9 Å². The van der Waals surface area contributed by atoms with Crippen molar-refractivity contribution >= 4 is 39.2 Å². The lowest BCUT2D eigenvalue weighted by Gasteiger charge is -2.22. The molecule has 0 spiro atoms. The van der Waals surface area contributed by atoms with Gasteiger partial charge in [0.05, 0.1) is 17.4 Å². The summed E-state index contributed by atoms with van der Waals surface area (Å²) in [5.74, 6) is -0.0361. The van der Waals surface area contributed by atoms with Gasteiger partial charge in [-0.3, -0.25) is 4.79 Å².